The highest BCUT2D eigenvalue weighted by molar-refractivity contribution is 6.32. The molecule has 0 bridgehead atoms. The smallest absolute Gasteiger partial charge is 0.142 e. The maximum absolute atomic E-state index is 6.28. The van der Waals surface area contributed by atoms with Crippen molar-refractivity contribution in [1.82, 2.24) is 0 Å². The van der Waals surface area contributed by atoms with Crippen LogP contribution in [0, 0.1) is 0 Å². The molecule has 1 aliphatic rings. The second-order valence-corrected chi connectivity index (χ2v) is 4.89. The van der Waals surface area contributed by atoms with Gasteiger partial charge >= 0.3 is 0 Å². The van der Waals surface area contributed by atoms with Crippen LogP contribution in [0.2, 0.25) is 5.02 Å². The number of hydrogen-bond acceptors (Lipinski definition) is 2. The molecule has 0 aliphatic carbocycles. The van der Waals surface area contributed by atoms with Crippen LogP contribution in [0.3, 0.4) is 0 Å². The van der Waals surface area contributed by atoms with E-state index in [0.717, 1.165) is 28.9 Å². The van der Waals surface area contributed by atoms with E-state index in [4.69, 9.17) is 22.1 Å². The molecule has 1 aliphatic heterocycles. The number of halogens is 1. The van der Waals surface area contributed by atoms with E-state index >= 15 is 0 Å². The molecular formula is C15H14ClNO. The molecule has 1 unspecified atom stereocenters. The Hall–Kier alpha value is -1.51. The predicted molar refractivity (Wildman–Crippen MR) is 73.9 cm³/mol. The molecule has 2 aromatic carbocycles. The Bertz CT molecular complexity index is 568. The average Bonchev–Trinajstić information content (AvgIpc) is 2.41. The molecule has 0 spiro atoms. The second kappa shape index (κ2) is 4.63. The van der Waals surface area contributed by atoms with Gasteiger partial charge in [0.1, 0.15) is 5.75 Å². The van der Waals surface area contributed by atoms with Crippen LogP contribution >= 0.6 is 11.6 Å². The van der Waals surface area contributed by atoms with Gasteiger partial charge in [0.05, 0.1) is 11.6 Å². The minimum absolute atomic E-state index is 0.00918. The zero-order valence-electron chi connectivity index (χ0n) is 9.90. The van der Waals surface area contributed by atoms with Crippen LogP contribution in [0.25, 0.3) is 11.1 Å². The molecular weight excluding hydrogens is 246 g/mol. The summed E-state index contributed by atoms with van der Waals surface area (Å²) in [4.78, 5) is 0. The molecule has 1 atom stereocenters. The summed E-state index contributed by atoms with van der Waals surface area (Å²) in [5, 5.41) is 0.640. The highest BCUT2D eigenvalue weighted by Crippen LogP contribution is 2.40. The normalized spacial score (nSPS) is 18.0. The van der Waals surface area contributed by atoms with Gasteiger partial charge in [-0.3, -0.25) is 0 Å². The van der Waals surface area contributed by atoms with Crippen molar-refractivity contribution in [3.63, 3.8) is 0 Å². The summed E-state index contributed by atoms with van der Waals surface area (Å²) in [6.07, 6.45) is 0.835. The van der Waals surface area contributed by atoms with Crippen molar-refractivity contribution in [3.8, 4) is 16.9 Å². The molecule has 2 N–H and O–H groups in total. The van der Waals surface area contributed by atoms with Crippen LogP contribution in [0.5, 0.6) is 5.75 Å². The maximum atomic E-state index is 6.28. The molecule has 0 saturated heterocycles. The quantitative estimate of drug-likeness (QED) is 0.846. The molecule has 3 heteroatoms. The van der Waals surface area contributed by atoms with Gasteiger partial charge in [-0.05, 0) is 23.3 Å². The van der Waals surface area contributed by atoms with Crippen LogP contribution < -0.4 is 10.5 Å². The summed E-state index contributed by atoms with van der Waals surface area (Å²) < 4.78 is 5.60. The van der Waals surface area contributed by atoms with E-state index in [1.807, 2.05) is 24.3 Å². The van der Waals surface area contributed by atoms with Crippen molar-refractivity contribution in [1.29, 1.82) is 0 Å². The minimum Gasteiger partial charge on any atom is -0.492 e. The molecule has 2 nitrogen and oxygen atoms in total. The molecule has 92 valence electrons. The first kappa shape index (κ1) is 11.6. The van der Waals surface area contributed by atoms with E-state index in [-0.39, 0.29) is 6.04 Å². The molecule has 0 radical (unpaired) electrons. The predicted octanol–water partition coefficient (Wildman–Crippen LogP) is 3.79. The number of nitrogens with two attached hydrogens (primary N) is 1. The second-order valence-electron chi connectivity index (χ2n) is 4.49. The van der Waals surface area contributed by atoms with Crippen LogP contribution in [-0.4, -0.2) is 6.61 Å². The lowest BCUT2D eigenvalue weighted by Gasteiger charge is -2.24. The van der Waals surface area contributed by atoms with Gasteiger partial charge in [0.25, 0.3) is 0 Å². The molecule has 1 heterocycles. The first-order valence-electron chi connectivity index (χ1n) is 6.03. The zero-order valence-corrected chi connectivity index (χ0v) is 10.7. The van der Waals surface area contributed by atoms with Crippen molar-refractivity contribution in [3.05, 3.63) is 53.1 Å². The lowest BCUT2D eigenvalue weighted by atomic mass is 9.96. The van der Waals surface area contributed by atoms with Gasteiger partial charge in [-0.15, -0.1) is 0 Å². The molecule has 3 rings (SSSR count). The van der Waals surface area contributed by atoms with E-state index in [9.17, 15) is 0 Å². The molecule has 0 fully saturated rings. The summed E-state index contributed by atoms with van der Waals surface area (Å²) in [6, 6.07) is 14.2. The lowest BCUT2D eigenvalue weighted by molar-refractivity contribution is 0.269. The summed E-state index contributed by atoms with van der Waals surface area (Å²) in [7, 11) is 0. The molecule has 2 aromatic rings. The van der Waals surface area contributed by atoms with Crippen molar-refractivity contribution in [2.24, 2.45) is 5.73 Å². The van der Waals surface area contributed by atoms with Gasteiger partial charge in [0.2, 0.25) is 0 Å². The fourth-order valence-corrected chi connectivity index (χ4v) is 2.56. The SMILES string of the molecule is NC1CCOc2c(Cl)cc(-c3ccccc3)cc21. The molecule has 0 aromatic heterocycles. The van der Waals surface area contributed by atoms with Crippen LogP contribution in [0.1, 0.15) is 18.0 Å². The van der Waals surface area contributed by atoms with Crippen LogP contribution in [0.4, 0.5) is 0 Å². The summed E-state index contributed by atoms with van der Waals surface area (Å²) >= 11 is 6.28. The van der Waals surface area contributed by atoms with E-state index in [0.29, 0.717) is 11.6 Å². The summed E-state index contributed by atoms with van der Waals surface area (Å²) in [5.74, 6) is 0.745. The van der Waals surface area contributed by atoms with E-state index < -0.39 is 0 Å². The Labute approximate surface area is 111 Å². The van der Waals surface area contributed by atoms with Gasteiger partial charge in [-0.2, -0.15) is 0 Å². The average molecular weight is 260 g/mol. The Balaban J connectivity index is 2.14. The number of rotatable bonds is 1. The Morgan fingerprint density at radius 2 is 1.89 bits per heavy atom. The first-order chi connectivity index (χ1) is 8.75. The Kier molecular flexibility index (Phi) is 2.98. The highest BCUT2D eigenvalue weighted by atomic mass is 35.5. The van der Waals surface area contributed by atoms with Gasteiger partial charge in [0, 0.05) is 18.0 Å². The molecule has 0 amide bonds. The van der Waals surface area contributed by atoms with Crippen molar-refractivity contribution in [2.75, 3.05) is 6.61 Å². The zero-order chi connectivity index (χ0) is 12.5. The minimum atomic E-state index is 0.00918. The summed E-state index contributed by atoms with van der Waals surface area (Å²) in [5.41, 5.74) is 9.35. The number of ether oxygens (including phenoxy) is 1. The van der Waals surface area contributed by atoms with Crippen LogP contribution in [-0.2, 0) is 0 Å². The number of benzene rings is 2. The summed E-state index contributed by atoms with van der Waals surface area (Å²) in [6.45, 7) is 0.637. The third-order valence-corrected chi connectivity index (χ3v) is 3.53. The topological polar surface area (TPSA) is 35.2 Å². The van der Waals surface area contributed by atoms with Crippen molar-refractivity contribution < 1.29 is 4.74 Å². The fourth-order valence-electron chi connectivity index (χ4n) is 2.28. The van der Waals surface area contributed by atoms with E-state index in [2.05, 4.69) is 18.2 Å². The number of fused-ring (bicyclic) bond motifs is 1. The maximum Gasteiger partial charge on any atom is 0.142 e. The molecule has 18 heavy (non-hydrogen) atoms. The van der Waals surface area contributed by atoms with Crippen molar-refractivity contribution >= 4 is 11.6 Å². The third-order valence-electron chi connectivity index (χ3n) is 3.25. The van der Waals surface area contributed by atoms with Crippen LogP contribution in [0.15, 0.2) is 42.5 Å². The van der Waals surface area contributed by atoms with Gasteiger partial charge in [-0.1, -0.05) is 41.9 Å². The Morgan fingerprint density at radius 1 is 1.11 bits per heavy atom. The first-order valence-corrected chi connectivity index (χ1v) is 6.41. The Morgan fingerprint density at radius 3 is 2.67 bits per heavy atom. The van der Waals surface area contributed by atoms with Crippen molar-refractivity contribution in [2.45, 2.75) is 12.5 Å². The van der Waals surface area contributed by atoms with Gasteiger partial charge in [-0.25, -0.2) is 0 Å². The fraction of sp³-hybridized carbons (Fsp3) is 0.200. The largest absolute Gasteiger partial charge is 0.492 e. The lowest BCUT2D eigenvalue weighted by Crippen LogP contribution is -2.20. The van der Waals surface area contributed by atoms with Gasteiger partial charge < -0.3 is 10.5 Å². The third kappa shape index (κ3) is 1.98. The highest BCUT2D eigenvalue weighted by Gasteiger charge is 2.21. The number of hydrogen-bond donors (Lipinski definition) is 1. The molecule has 0 saturated carbocycles. The van der Waals surface area contributed by atoms with Gasteiger partial charge in [0.15, 0.2) is 0 Å². The standard InChI is InChI=1S/C15H14ClNO/c16-13-9-11(10-4-2-1-3-5-10)8-12-14(17)6-7-18-15(12)13/h1-5,8-9,14H,6-7,17H2. The monoisotopic (exact) mass is 259 g/mol. The van der Waals surface area contributed by atoms with E-state index in [1.54, 1.807) is 0 Å². The van der Waals surface area contributed by atoms with E-state index in [1.165, 1.54) is 0 Å².